The van der Waals surface area contributed by atoms with Crippen LogP contribution in [0.4, 0.5) is 13.2 Å². The molecule has 1 aromatic rings. The van der Waals surface area contributed by atoms with E-state index in [2.05, 4.69) is 10.1 Å². The first-order valence-electron chi connectivity index (χ1n) is 2.03. The molecule has 0 saturated carbocycles. The van der Waals surface area contributed by atoms with E-state index >= 15 is 0 Å². The zero-order valence-electron chi connectivity index (χ0n) is 4.11. The molecule has 0 aromatic carbocycles. The van der Waals surface area contributed by atoms with Crippen molar-refractivity contribution in [3.63, 3.8) is 0 Å². The van der Waals surface area contributed by atoms with E-state index in [-0.39, 0.29) is 29.6 Å². The summed E-state index contributed by atoms with van der Waals surface area (Å²) < 4.78 is 34.4. The summed E-state index contributed by atoms with van der Waals surface area (Å²) in [6, 6.07) is 0. The Morgan fingerprint density at radius 1 is 1.40 bits per heavy atom. The Labute approximate surface area is 76.3 Å². The van der Waals surface area contributed by atoms with Gasteiger partial charge in [0.15, 0.2) is 0 Å². The van der Waals surface area contributed by atoms with Crippen molar-refractivity contribution >= 4 is 29.6 Å². The quantitative estimate of drug-likeness (QED) is 0.551. The first-order valence-corrected chi connectivity index (χ1v) is 2.03. The number of aromatic nitrogens is 3. The Morgan fingerprint density at radius 2 is 2.00 bits per heavy atom. The van der Waals surface area contributed by atoms with Crippen molar-refractivity contribution in [1.82, 2.24) is 15.2 Å². The molecule has 0 aliphatic carbocycles. The SMILES string of the molecule is FC(F)(F)c1nc[nH]n1.[NaH]. The monoisotopic (exact) mass is 161 g/mol. The van der Waals surface area contributed by atoms with Crippen LogP contribution in [0, 0.1) is 0 Å². The second-order valence-electron chi connectivity index (χ2n) is 1.32. The van der Waals surface area contributed by atoms with Gasteiger partial charge in [0.1, 0.15) is 6.33 Å². The molecule has 0 saturated heterocycles. The summed E-state index contributed by atoms with van der Waals surface area (Å²) in [5.74, 6) is -1.14. The fraction of sp³-hybridized carbons (Fsp3) is 0.333. The van der Waals surface area contributed by atoms with Crippen LogP contribution in [0.3, 0.4) is 0 Å². The molecule has 0 fully saturated rings. The molecule has 0 bridgehead atoms. The summed E-state index contributed by atoms with van der Waals surface area (Å²) in [6.07, 6.45) is -3.55. The zero-order valence-corrected chi connectivity index (χ0v) is 4.11. The molecule has 1 aromatic heterocycles. The van der Waals surface area contributed by atoms with Crippen LogP contribution in [0.5, 0.6) is 0 Å². The normalized spacial score (nSPS) is 10.7. The Kier molecular flexibility index (Phi) is 3.34. The van der Waals surface area contributed by atoms with Gasteiger partial charge in [-0.05, 0) is 0 Å². The summed E-state index contributed by atoms with van der Waals surface area (Å²) in [5.41, 5.74) is 0. The van der Waals surface area contributed by atoms with Gasteiger partial charge in [0.25, 0.3) is 5.82 Å². The molecule has 0 amide bonds. The molecule has 0 aliphatic rings. The van der Waals surface area contributed by atoms with Gasteiger partial charge in [0.2, 0.25) is 0 Å². The van der Waals surface area contributed by atoms with Crippen molar-refractivity contribution in [2.45, 2.75) is 6.18 Å². The number of alkyl halides is 3. The van der Waals surface area contributed by atoms with Crippen LogP contribution in [0.15, 0.2) is 6.33 Å². The van der Waals surface area contributed by atoms with Crippen molar-refractivity contribution in [2.24, 2.45) is 0 Å². The van der Waals surface area contributed by atoms with Crippen LogP contribution in [0.25, 0.3) is 0 Å². The van der Waals surface area contributed by atoms with Gasteiger partial charge in [0, 0.05) is 0 Å². The van der Waals surface area contributed by atoms with Crippen molar-refractivity contribution < 1.29 is 13.2 Å². The first-order chi connectivity index (χ1) is 4.11. The van der Waals surface area contributed by atoms with E-state index in [9.17, 15) is 13.2 Å². The molecule has 0 unspecified atom stereocenters. The minimum atomic E-state index is -4.43. The van der Waals surface area contributed by atoms with Crippen LogP contribution in [0.1, 0.15) is 5.82 Å². The molecular weight excluding hydrogens is 158 g/mol. The third-order valence-corrected chi connectivity index (χ3v) is 0.669. The van der Waals surface area contributed by atoms with Crippen LogP contribution < -0.4 is 0 Å². The molecule has 1 N–H and O–H groups in total. The maximum absolute atomic E-state index is 11.5. The van der Waals surface area contributed by atoms with Crippen LogP contribution in [-0.4, -0.2) is 44.7 Å². The van der Waals surface area contributed by atoms with Gasteiger partial charge >= 0.3 is 35.7 Å². The van der Waals surface area contributed by atoms with Crippen LogP contribution >= 0.6 is 0 Å². The van der Waals surface area contributed by atoms with Crippen molar-refractivity contribution in [1.29, 1.82) is 0 Å². The Bertz CT molecular complexity index is 181. The molecule has 52 valence electrons. The molecule has 3 nitrogen and oxygen atoms in total. The molecule has 0 radical (unpaired) electrons. The Morgan fingerprint density at radius 3 is 2.20 bits per heavy atom. The predicted octanol–water partition coefficient (Wildman–Crippen LogP) is 0.175. The van der Waals surface area contributed by atoms with Gasteiger partial charge in [-0.1, -0.05) is 0 Å². The zero-order chi connectivity index (χ0) is 6.91. The second kappa shape index (κ2) is 3.36. The van der Waals surface area contributed by atoms with Crippen molar-refractivity contribution in [3.05, 3.63) is 12.2 Å². The van der Waals surface area contributed by atoms with Gasteiger partial charge < -0.3 is 0 Å². The molecule has 7 heteroatoms. The summed E-state index contributed by atoms with van der Waals surface area (Å²) >= 11 is 0. The average Bonchev–Trinajstić information content (AvgIpc) is 2.08. The second-order valence-corrected chi connectivity index (χ2v) is 1.32. The topological polar surface area (TPSA) is 41.6 Å². The molecule has 1 rings (SSSR count). The number of hydrogen-bond donors (Lipinski definition) is 1. The fourth-order valence-electron chi connectivity index (χ4n) is 0.345. The number of nitrogens with zero attached hydrogens (tertiary/aromatic N) is 2. The number of nitrogens with one attached hydrogen (secondary N) is 1. The molecule has 1 heterocycles. The summed E-state index contributed by atoms with van der Waals surface area (Å²) in [6.45, 7) is 0. The number of H-pyrrole nitrogens is 1. The van der Waals surface area contributed by atoms with Gasteiger partial charge in [-0.15, -0.1) is 5.10 Å². The standard InChI is InChI=1S/C3H2F3N3.Na.H/c4-3(5,6)2-7-1-8-9-2;;/h1H,(H,7,8,9);;. The van der Waals surface area contributed by atoms with Crippen molar-refractivity contribution in [3.8, 4) is 0 Å². The third kappa shape index (κ3) is 2.28. The van der Waals surface area contributed by atoms with E-state index in [4.69, 9.17) is 0 Å². The molecule has 10 heavy (non-hydrogen) atoms. The Balaban J connectivity index is 0.000000810. The van der Waals surface area contributed by atoms with E-state index in [1.54, 1.807) is 0 Å². The van der Waals surface area contributed by atoms with Gasteiger partial charge in [-0.2, -0.15) is 13.2 Å². The predicted molar refractivity (Wildman–Crippen MR) is 28.5 cm³/mol. The average molecular weight is 161 g/mol. The van der Waals surface area contributed by atoms with Gasteiger partial charge in [0.05, 0.1) is 0 Å². The summed E-state index contributed by atoms with van der Waals surface area (Å²) in [7, 11) is 0. The summed E-state index contributed by atoms with van der Waals surface area (Å²) in [4.78, 5) is 2.90. The number of hydrogen-bond acceptors (Lipinski definition) is 2. The number of rotatable bonds is 0. The van der Waals surface area contributed by atoms with E-state index in [1.165, 1.54) is 0 Å². The van der Waals surface area contributed by atoms with E-state index in [1.807, 2.05) is 5.10 Å². The van der Waals surface area contributed by atoms with Crippen molar-refractivity contribution in [2.75, 3.05) is 0 Å². The van der Waals surface area contributed by atoms with E-state index < -0.39 is 12.0 Å². The third-order valence-electron chi connectivity index (χ3n) is 0.669. The van der Waals surface area contributed by atoms with Crippen LogP contribution in [0.2, 0.25) is 0 Å². The van der Waals surface area contributed by atoms with Gasteiger partial charge in [-0.3, -0.25) is 5.10 Å². The molecule has 0 atom stereocenters. The fourth-order valence-corrected chi connectivity index (χ4v) is 0.345. The summed E-state index contributed by atoms with van der Waals surface area (Å²) in [5, 5.41) is 4.78. The Hall–Kier alpha value is -0.0700. The molecule has 0 aliphatic heterocycles. The molecule has 0 spiro atoms. The number of aromatic amines is 1. The number of halogens is 3. The molecular formula is C3H3F3N3Na. The first kappa shape index (κ1) is 9.93. The van der Waals surface area contributed by atoms with E-state index in [0.717, 1.165) is 6.33 Å². The maximum atomic E-state index is 11.5. The van der Waals surface area contributed by atoms with Crippen LogP contribution in [-0.2, 0) is 6.18 Å². The minimum absolute atomic E-state index is 0. The van der Waals surface area contributed by atoms with E-state index in [0.29, 0.717) is 0 Å². The van der Waals surface area contributed by atoms with Gasteiger partial charge in [-0.25, -0.2) is 4.98 Å².